The van der Waals surface area contributed by atoms with Crippen LogP contribution < -0.4 is 5.73 Å². The number of primary amides is 1. The zero-order chi connectivity index (χ0) is 25.9. The van der Waals surface area contributed by atoms with Gasteiger partial charge < -0.3 is 26.2 Å². The topological polar surface area (TPSA) is 158 Å². The molecule has 3 aliphatic rings. The second-order valence-electron chi connectivity index (χ2n) is 9.51. The molecule has 8 heteroatoms. The van der Waals surface area contributed by atoms with Crippen molar-refractivity contribution < 1.29 is 34.8 Å². The minimum Gasteiger partial charge on any atom is -0.508 e. The maximum absolute atomic E-state index is 13.5. The van der Waals surface area contributed by atoms with Crippen LogP contribution in [0.25, 0.3) is 5.76 Å². The van der Waals surface area contributed by atoms with Gasteiger partial charge in [-0.25, -0.2) is 0 Å². The Kier molecular flexibility index (Phi) is 5.27. The number of aliphatic hydroxyl groups excluding tert-OH is 2. The van der Waals surface area contributed by atoms with Crippen LogP contribution in [0.2, 0.25) is 0 Å². The van der Waals surface area contributed by atoms with E-state index in [9.17, 15) is 34.8 Å². The highest BCUT2D eigenvalue weighted by Crippen LogP contribution is 2.52. The summed E-state index contributed by atoms with van der Waals surface area (Å²) >= 11 is 0. The Bertz CT molecular complexity index is 1490. The molecule has 1 amide bonds. The number of rotatable bonds is 1. The van der Waals surface area contributed by atoms with Gasteiger partial charge in [0.1, 0.15) is 22.8 Å². The molecule has 6 N–H and O–H groups in total. The smallest absolute Gasteiger partial charge is 0.255 e. The highest BCUT2D eigenvalue weighted by Gasteiger charge is 2.60. The number of aliphatic hydroxyl groups is 3. The van der Waals surface area contributed by atoms with Gasteiger partial charge in [-0.3, -0.25) is 14.4 Å². The van der Waals surface area contributed by atoms with Crippen LogP contribution in [0.1, 0.15) is 40.7 Å². The van der Waals surface area contributed by atoms with Crippen LogP contribution >= 0.6 is 0 Å². The third-order valence-electron chi connectivity index (χ3n) is 7.34. The Morgan fingerprint density at radius 2 is 1.72 bits per heavy atom. The third kappa shape index (κ3) is 3.32. The number of carbonyl (C=O) groups excluding carboxylic acids is 3. The first-order chi connectivity index (χ1) is 17.0. The SMILES string of the molecule is Cc1ccc(C#Cc2ccc(O)c3c2C[C@H]2C[C@H]4CC(=O)C(C(N)=O)=C(O)[C@@]4(O)C(=O)C2=C3O)cc1. The third-order valence-corrected chi connectivity index (χ3v) is 7.34. The molecule has 0 spiro atoms. The Balaban J connectivity index is 1.64. The normalized spacial score (nSPS) is 24.9. The average Bonchev–Trinajstić information content (AvgIpc) is 2.81. The molecule has 182 valence electrons. The van der Waals surface area contributed by atoms with Crippen molar-refractivity contribution in [3.63, 3.8) is 0 Å². The standard InChI is InChI=1S/C28H23NO7/c1-13-2-4-14(5-3-13)6-7-15-8-9-19(30)22-18(15)11-16-10-17-12-20(31)23(27(29)35)26(34)28(17,36)25(33)21(16)24(22)32/h2-5,8-9,16-17,30,32,34,36H,10-12H2,1H3,(H2,29,35)/t16-,17+,28+/m1/s1. The second kappa shape index (κ2) is 8.11. The first kappa shape index (κ1) is 23.4. The minimum atomic E-state index is -2.58. The molecular weight excluding hydrogens is 462 g/mol. The molecule has 0 aliphatic heterocycles. The van der Waals surface area contributed by atoms with Crippen LogP contribution in [0.4, 0.5) is 0 Å². The lowest BCUT2D eigenvalue weighted by atomic mass is 9.59. The number of nitrogens with two attached hydrogens (primary N) is 1. The van der Waals surface area contributed by atoms with Crippen LogP contribution in [0.15, 0.2) is 53.3 Å². The average molecular weight is 485 g/mol. The van der Waals surface area contributed by atoms with Gasteiger partial charge in [0.15, 0.2) is 11.4 Å². The molecule has 1 fully saturated rings. The molecular formula is C28H23NO7. The molecule has 0 unspecified atom stereocenters. The number of Topliss-reactive ketones (excluding diaryl/α,β-unsaturated/α-hetero) is 2. The number of hydrogen-bond donors (Lipinski definition) is 5. The van der Waals surface area contributed by atoms with Crippen molar-refractivity contribution in [2.24, 2.45) is 17.6 Å². The molecule has 0 aromatic heterocycles. The van der Waals surface area contributed by atoms with Crippen LogP contribution in [0.3, 0.4) is 0 Å². The summed E-state index contributed by atoms with van der Waals surface area (Å²) in [5.41, 5.74) is 4.64. The monoisotopic (exact) mass is 485 g/mol. The van der Waals surface area contributed by atoms with Gasteiger partial charge in [0, 0.05) is 29.0 Å². The molecule has 0 bridgehead atoms. The van der Waals surface area contributed by atoms with Gasteiger partial charge in [0.25, 0.3) is 5.91 Å². The van der Waals surface area contributed by atoms with E-state index in [2.05, 4.69) is 11.8 Å². The van der Waals surface area contributed by atoms with Gasteiger partial charge >= 0.3 is 0 Å². The Morgan fingerprint density at radius 1 is 1.03 bits per heavy atom. The summed E-state index contributed by atoms with van der Waals surface area (Å²) < 4.78 is 0. The first-order valence-electron chi connectivity index (χ1n) is 11.4. The molecule has 2 aromatic rings. The van der Waals surface area contributed by atoms with Crippen molar-refractivity contribution in [2.75, 3.05) is 0 Å². The molecule has 5 rings (SSSR count). The van der Waals surface area contributed by atoms with Crippen LogP contribution in [0, 0.1) is 30.6 Å². The minimum absolute atomic E-state index is 0.0258. The van der Waals surface area contributed by atoms with Crippen molar-refractivity contribution in [2.45, 2.75) is 31.8 Å². The predicted octanol–water partition coefficient (Wildman–Crippen LogP) is 2.13. The van der Waals surface area contributed by atoms with Gasteiger partial charge in [-0.2, -0.15) is 0 Å². The highest BCUT2D eigenvalue weighted by molar-refractivity contribution is 6.22. The van der Waals surface area contributed by atoms with E-state index in [0.717, 1.165) is 11.1 Å². The number of hydrogen-bond acceptors (Lipinski definition) is 7. The molecule has 2 aromatic carbocycles. The van der Waals surface area contributed by atoms with E-state index in [1.165, 1.54) is 6.07 Å². The first-order valence-corrected chi connectivity index (χ1v) is 11.4. The number of phenolic OH excluding ortho intramolecular Hbond substituents is 1. The fraction of sp³-hybridized carbons (Fsp3) is 0.250. The maximum Gasteiger partial charge on any atom is 0.255 e. The van der Waals surface area contributed by atoms with Crippen LogP contribution in [-0.4, -0.2) is 43.5 Å². The van der Waals surface area contributed by atoms with Crippen LogP contribution in [-0.2, 0) is 20.8 Å². The Labute approximate surface area is 206 Å². The van der Waals surface area contributed by atoms with Gasteiger partial charge in [-0.15, -0.1) is 0 Å². The van der Waals surface area contributed by atoms with Crippen molar-refractivity contribution in [1.29, 1.82) is 0 Å². The fourth-order valence-corrected chi connectivity index (χ4v) is 5.52. The number of amides is 1. The van der Waals surface area contributed by atoms with E-state index in [1.54, 1.807) is 6.07 Å². The number of aryl methyl sites for hydroxylation is 1. The molecule has 1 saturated carbocycles. The summed E-state index contributed by atoms with van der Waals surface area (Å²) in [5, 5.41) is 43.6. The van der Waals surface area contributed by atoms with E-state index in [0.29, 0.717) is 11.1 Å². The Morgan fingerprint density at radius 3 is 2.39 bits per heavy atom. The molecule has 0 saturated heterocycles. The van der Waals surface area contributed by atoms with Crippen molar-refractivity contribution in [3.8, 4) is 17.6 Å². The summed E-state index contributed by atoms with van der Waals surface area (Å²) in [6, 6.07) is 10.6. The predicted molar refractivity (Wildman–Crippen MR) is 129 cm³/mol. The lowest BCUT2D eigenvalue weighted by molar-refractivity contribution is -0.147. The molecule has 3 atom stereocenters. The number of ketones is 2. The zero-order valence-corrected chi connectivity index (χ0v) is 19.3. The van der Waals surface area contributed by atoms with E-state index < -0.39 is 52.0 Å². The van der Waals surface area contributed by atoms with Crippen molar-refractivity contribution in [1.82, 2.24) is 0 Å². The molecule has 36 heavy (non-hydrogen) atoms. The number of phenols is 1. The maximum atomic E-state index is 13.5. The number of aromatic hydroxyl groups is 1. The number of benzene rings is 2. The van der Waals surface area contributed by atoms with E-state index >= 15 is 0 Å². The van der Waals surface area contributed by atoms with Crippen LogP contribution in [0.5, 0.6) is 5.75 Å². The molecule has 3 aliphatic carbocycles. The van der Waals surface area contributed by atoms with E-state index in [4.69, 9.17) is 5.73 Å². The lowest BCUT2D eigenvalue weighted by Crippen LogP contribution is -2.58. The summed E-state index contributed by atoms with van der Waals surface area (Å²) in [7, 11) is 0. The van der Waals surface area contributed by atoms with E-state index in [1.807, 2.05) is 31.2 Å². The van der Waals surface area contributed by atoms with Gasteiger partial charge in [0.2, 0.25) is 5.78 Å². The van der Waals surface area contributed by atoms with E-state index in [-0.39, 0.29) is 36.1 Å². The van der Waals surface area contributed by atoms with Gasteiger partial charge in [0.05, 0.1) is 5.56 Å². The second-order valence-corrected chi connectivity index (χ2v) is 9.51. The van der Waals surface area contributed by atoms with Gasteiger partial charge in [-0.05, 0) is 55.5 Å². The summed E-state index contributed by atoms with van der Waals surface area (Å²) in [5.74, 6) is -0.382. The zero-order valence-electron chi connectivity index (χ0n) is 19.3. The Hall–Kier alpha value is -4.35. The summed E-state index contributed by atoms with van der Waals surface area (Å²) in [6.45, 7) is 1.97. The molecule has 0 radical (unpaired) electrons. The summed E-state index contributed by atoms with van der Waals surface area (Å²) in [6.07, 6.45) is -0.0772. The quantitative estimate of drug-likeness (QED) is 0.306. The molecule has 8 nitrogen and oxygen atoms in total. The fourth-order valence-electron chi connectivity index (χ4n) is 5.52. The summed E-state index contributed by atoms with van der Waals surface area (Å²) in [4.78, 5) is 37.7. The lowest BCUT2D eigenvalue weighted by Gasteiger charge is -2.46. The number of carbonyl (C=O) groups is 3. The molecule has 0 heterocycles. The van der Waals surface area contributed by atoms with Gasteiger partial charge in [-0.1, -0.05) is 29.5 Å². The van der Waals surface area contributed by atoms with Crippen molar-refractivity contribution in [3.05, 3.63) is 81.1 Å². The highest BCUT2D eigenvalue weighted by atomic mass is 16.3. The number of fused-ring (bicyclic) bond motifs is 3. The largest absolute Gasteiger partial charge is 0.508 e. The van der Waals surface area contributed by atoms with Crippen molar-refractivity contribution >= 4 is 23.2 Å².